The Morgan fingerprint density at radius 1 is 1.00 bits per heavy atom. The molecular formula is C16H24O2. The smallest absolute Gasteiger partial charge is 0.317 e. The van der Waals surface area contributed by atoms with Crippen LogP contribution in [0, 0.1) is 24.7 Å². The van der Waals surface area contributed by atoms with Gasteiger partial charge in [-0.05, 0) is 56.4 Å². The van der Waals surface area contributed by atoms with Crippen molar-refractivity contribution in [3.05, 3.63) is 29.3 Å². The Bertz CT molecular complexity index is 451. The molecule has 0 heterocycles. The summed E-state index contributed by atoms with van der Waals surface area (Å²) in [5.74, 6) is 0.443. The molecule has 0 unspecified atom stereocenters. The second-order valence-electron chi connectivity index (χ2n) is 6.51. The van der Waals surface area contributed by atoms with Gasteiger partial charge < -0.3 is 4.74 Å². The lowest BCUT2D eigenvalue weighted by molar-refractivity contribution is -0.150. The molecular weight excluding hydrogens is 224 g/mol. The summed E-state index contributed by atoms with van der Waals surface area (Å²) in [7, 11) is 0. The van der Waals surface area contributed by atoms with Gasteiger partial charge >= 0.3 is 5.97 Å². The Labute approximate surface area is 110 Å². The van der Waals surface area contributed by atoms with E-state index >= 15 is 0 Å². The molecule has 0 saturated heterocycles. The fourth-order valence-corrected chi connectivity index (χ4v) is 1.32. The third kappa shape index (κ3) is 2.92. The molecule has 0 atom stereocenters. The van der Waals surface area contributed by atoms with Gasteiger partial charge in [-0.25, -0.2) is 0 Å². The Morgan fingerprint density at radius 2 is 1.56 bits per heavy atom. The molecule has 1 aromatic carbocycles. The van der Waals surface area contributed by atoms with Crippen molar-refractivity contribution in [2.75, 3.05) is 0 Å². The van der Waals surface area contributed by atoms with E-state index in [1.807, 2.05) is 45.9 Å². The number of aryl methyl sites for hydroxylation is 2. The molecule has 0 amide bonds. The standard InChI is InChI=1S/C16H24O2/c1-11-8-9-13(10-12(11)2)18-14(17)16(6,7)15(3,4)5/h8-10H,1-7H3. The number of rotatable bonds is 2. The number of carbonyl (C=O) groups excluding carboxylic acids is 1. The third-order valence-corrected chi connectivity index (χ3v) is 4.07. The molecule has 2 heteroatoms. The summed E-state index contributed by atoms with van der Waals surface area (Å²) in [5, 5.41) is 0. The van der Waals surface area contributed by atoms with E-state index in [-0.39, 0.29) is 11.4 Å². The van der Waals surface area contributed by atoms with Gasteiger partial charge in [-0.15, -0.1) is 0 Å². The molecule has 2 nitrogen and oxygen atoms in total. The first kappa shape index (κ1) is 14.7. The van der Waals surface area contributed by atoms with E-state index in [4.69, 9.17) is 4.74 Å². The number of benzene rings is 1. The van der Waals surface area contributed by atoms with Gasteiger partial charge in [0.05, 0.1) is 5.41 Å². The summed E-state index contributed by atoms with van der Waals surface area (Å²) in [4.78, 5) is 12.3. The highest BCUT2D eigenvalue weighted by Crippen LogP contribution is 2.39. The second-order valence-corrected chi connectivity index (χ2v) is 6.51. The Kier molecular flexibility index (Phi) is 3.89. The van der Waals surface area contributed by atoms with Crippen molar-refractivity contribution in [1.82, 2.24) is 0 Å². The first-order chi connectivity index (χ1) is 8.05. The van der Waals surface area contributed by atoms with Crippen molar-refractivity contribution in [2.45, 2.75) is 48.5 Å². The van der Waals surface area contributed by atoms with Gasteiger partial charge in [0.25, 0.3) is 0 Å². The van der Waals surface area contributed by atoms with E-state index < -0.39 is 5.41 Å². The van der Waals surface area contributed by atoms with Gasteiger partial charge in [0, 0.05) is 0 Å². The first-order valence-corrected chi connectivity index (χ1v) is 6.35. The van der Waals surface area contributed by atoms with Crippen LogP contribution in [0.4, 0.5) is 0 Å². The molecule has 100 valence electrons. The minimum atomic E-state index is -0.522. The van der Waals surface area contributed by atoms with E-state index in [2.05, 4.69) is 20.8 Å². The van der Waals surface area contributed by atoms with Gasteiger partial charge in [-0.2, -0.15) is 0 Å². The van der Waals surface area contributed by atoms with Crippen LogP contribution in [-0.4, -0.2) is 5.97 Å². The molecule has 0 radical (unpaired) electrons. The van der Waals surface area contributed by atoms with Crippen LogP contribution in [0.25, 0.3) is 0 Å². The summed E-state index contributed by atoms with van der Waals surface area (Å²) in [6.07, 6.45) is 0. The predicted octanol–water partition coefficient (Wildman–Crippen LogP) is 4.28. The topological polar surface area (TPSA) is 26.3 Å². The number of hydrogen-bond donors (Lipinski definition) is 0. The average molecular weight is 248 g/mol. The Hall–Kier alpha value is -1.31. The van der Waals surface area contributed by atoms with E-state index in [1.54, 1.807) is 0 Å². The fourth-order valence-electron chi connectivity index (χ4n) is 1.32. The molecule has 0 N–H and O–H groups in total. The second kappa shape index (κ2) is 4.75. The molecule has 0 fully saturated rings. The summed E-state index contributed by atoms with van der Waals surface area (Å²) < 4.78 is 5.50. The first-order valence-electron chi connectivity index (χ1n) is 6.35. The lowest BCUT2D eigenvalue weighted by atomic mass is 9.69. The molecule has 0 aliphatic carbocycles. The average Bonchev–Trinajstić information content (AvgIpc) is 2.21. The molecule has 18 heavy (non-hydrogen) atoms. The third-order valence-electron chi connectivity index (χ3n) is 4.07. The van der Waals surface area contributed by atoms with Gasteiger partial charge in [-0.1, -0.05) is 26.8 Å². The molecule has 0 aliphatic rings. The Morgan fingerprint density at radius 3 is 2.00 bits per heavy atom. The SMILES string of the molecule is Cc1ccc(OC(=O)C(C)(C)C(C)(C)C)cc1C. The van der Waals surface area contributed by atoms with Gasteiger partial charge in [0.15, 0.2) is 0 Å². The van der Waals surface area contributed by atoms with Crippen LogP contribution in [0.3, 0.4) is 0 Å². The Balaban J connectivity index is 2.91. The van der Waals surface area contributed by atoms with Crippen molar-refractivity contribution < 1.29 is 9.53 Å². The maximum Gasteiger partial charge on any atom is 0.317 e. The van der Waals surface area contributed by atoms with Gasteiger partial charge in [0.2, 0.25) is 0 Å². The van der Waals surface area contributed by atoms with Crippen molar-refractivity contribution in [3.8, 4) is 5.75 Å². The van der Waals surface area contributed by atoms with E-state index in [0.717, 1.165) is 5.56 Å². The maximum absolute atomic E-state index is 12.3. The number of esters is 1. The van der Waals surface area contributed by atoms with Crippen LogP contribution < -0.4 is 4.74 Å². The van der Waals surface area contributed by atoms with Crippen molar-refractivity contribution in [1.29, 1.82) is 0 Å². The molecule has 0 aromatic heterocycles. The number of carbonyl (C=O) groups is 1. The quantitative estimate of drug-likeness (QED) is 0.576. The lowest BCUT2D eigenvalue weighted by Crippen LogP contribution is -2.40. The summed E-state index contributed by atoms with van der Waals surface area (Å²) in [6, 6.07) is 5.73. The van der Waals surface area contributed by atoms with Crippen LogP contribution in [0.15, 0.2) is 18.2 Å². The minimum Gasteiger partial charge on any atom is -0.426 e. The highest BCUT2D eigenvalue weighted by atomic mass is 16.5. The van der Waals surface area contributed by atoms with Crippen molar-refractivity contribution >= 4 is 5.97 Å². The maximum atomic E-state index is 12.3. The van der Waals surface area contributed by atoms with Gasteiger partial charge in [-0.3, -0.25) is 4.79 Å². The van der Waals surface area contributed by atoms with Crippen molar-refractivity contribution in [3.63, 3.8) is 0 Å². The number of hydrogen-bond acceptors (Lipinski definition) is 2. The minimum absolute atomic E-state index is 0.135. The molecule has 1 rings (SSSR count). The zero-order valence-corrected chi connectivity index (χ0v) is 12.5. The van der Waals surface area contributed by atoms with Gasteiger partial charge in [0.1, 0.15) is 5.75 Å². The van der Waals surface area contributed by atoms with E-state index in [9.17, 15) is 4.79 Å². The molecule has 0 bridgehead atoms. The van der Waals surface area contributed by atoms with Crippen LogP contribution in [0.2, 0.25) is 0 Å². The van der Waals surface area contributed by atoms with E-state index in [0.29, 0.717) is 5.75 Å². The molecule has 1 aromatic rings. The van der Waals surface area contributed by atoms with Crippen molar-refractivity contribution in [2.24, 2.45) is 10.8 Å². The highest BCUT2D eigenvalue weighted by Gasteiger charge is 2.41. The highest BCUT2D eigenvalue weighted by molar-refractivity contribution is 5.79. The monoisotopic (exact) mass is 248 g/mol. The summed E-state index contributed by atoms with van der Waals surface area (Å²) in [5.41, 5.74) is 1.68. The number of ether oxygens (including phenoxy) is 1. The van der Waals surface area contributed by atoms with E-state index in [1.165, 1.54) is 5.56 Å². The zero-order valence-electron chi connectivity index (χ0n) is 12.5. The van der Waals surface area contributed by atoms with Crippen LogP contribution in [0.1, 0.15) is 45.7 Å². The molecule has 0 spiro atoms. The van der Waals surface area contributed by atoms with Crippen LogP contribution in [0.5, 0.6) is 5.75 Å². The molecule has 0 saturated carbocycles. The fraction of sp³-hybridized carbons (Fsp3) is 0.562. The summed E-state index contributed by atoms with van der Waals surface area (Å²) in [6.45, 7) is 14.1. The largest absolute Gasteiger partial charge is 0.426 e. The molecule has 0 aliphatic heterocycles. The normalized spacial score (nSPS) is 12.4. The predicted molar refractivity (Wildman–Crippen MR) is 74.8 cm³/mol. The summed E-state index contributed by atoms with van der Waals surface area (Å²) >= 11 is 0. The van der Waals surface area contributed by atoms with Crippen LogP contribution in [-0.2, 0) is 4.79 Å². The zero-order chi connectivity index (χ0) is 14.1. The lowest BCUT2D eigenvalue weighted by Gasteiger charge is -2.36. The van der Waals surface area contributed by atoms with Crippen LogP contribution >= 0.6 is 0 Å².